The van der Waals surface area contributed by atoms with Crippen LogP contribution < -0.4 is 15.5 Å². The normalized spacial score (nSPS) is 10.4. The summed E-state index contributed by atoms with van der Waals surface area (Å²) in [6.45, 7) is -0.370. The highest BCUT2D eigenvalue weighted by Gasteiger charge is 2.25. The van der Waals surface area contributed by atoms with Crippen molar-refractivity contribution in [1.82, 2.24) is 5.32 Å². The Balaban J connectivity index is 0.00000363. The molecule has 9 heteroatoms. The maximum Gasteiger partial charge on any atom is 0.378 e. The number of benzene rings is 2. The molecule has 0 aliphatic carbocycles. The molecule has 0 aliphatic heterocycles. The second-order valence-corrected chi connectivity index (χ2v) is 6.32. The molecule has 0 fully saturated rings. The largest absolute Gasteiger partial charge is 0.481 e. The highest BCUT2D eigenvalue weighted by molar-refractivity contribution is 5.95. The van der Waals surface area contributed by atoms with Gasteiger partial charge in [-0.2, -0.15) is 0 Å². The Bertz CT molecular complexity index is 1170. The molecule has 1 N–H and O–H groups in total. The molecule has 0 unspecified atom stereocenters. The van der Waals surface area contributed by atoms with E-state index in [4.69, 9.17) is 9.15 Å². The number of amides is 1. The van der Waals surface area contributed by atoms with Crippen LogP contribution in [0.1, 0.15) is 33.5 Å². The standard InChI is InChI=1S/C22H17F2NO6.H2/c1-29-22(28)20-19(30-11-13-5-3-2-4-6-13)18(26)16(12-31-20)21(27)25-10-14-7-8-15(23)9-17(14)24;/h2-9,12H,10-11H2,1H3,(H,25,27);1H. The van der Waals surface area contributed by atoms with Crippen molar-refractivity contribution in [2.24, 2.45) is 0 Å². The molecule has 0 radical (unpaired) electrons. The topological polar surface area (TPSA) is 94.8 Å². The van der Waals surface area contributed by atoms with Gasteiger partial charge in [-0.1, -0.05) is 36.4 Å². The van der Waals surface area contributed by atoms with Crippen LogP contribution in [0.4, 0.5) is 8.78 Å². The summed E-state index contributed by atoms with van der Waals surface area (Å²) in [5.74, 6) is -4.44. The molecule has 1 heterocycles. The molecule has 31 heavy (non-hydrogen) atoms. The van der Waals surface area contributed by atoms with Crippen LogP contribution in [0.2, 0.25) is 0 Å². The SMILES string of the molecule is COC(=O)c1occ(C(=O)NCc2ccc(F)cc2F)c(=O)c1OCc1ccccc1.[HH]. The zero-order chi connectivity index (χ0) is 22.4. The third-order valence-electron chi connectivity index (χ3n) is 4.25. The van der Waals surface area contributed by atoms with E-state index >= 15 is 0 Å². The summed E-state index contributed by atoms with van der Waals surface area (Å²) >= 11 is 0. The Morgan fingerprint density at radius 2 is 1.87 bits per heavy atom. The average molecular weight is 431 g/mol. The van der Waals surface area contributed by atoms with E-state index in [2.05, 4.69) is 10.1 Å². The van der Waals surface area contributed by atoms with Gasteiger partial charge in [0, 0.05) is 19.6 Å². The highest BCUT2D eigenvalue weighted by Crippen LogP contribution is 2.18. The number of ether oxygens (including phenoxy) is 2. The molecule has 0 bridgehead atoms. The molecular weight excluding hydrogens is 412 g/mol. The molecule has 3 aromatic rings. The minimum Gasteiger partial charge on any atom is -0.481 e. The first kappa shape index (κ1) is 21.7. The molecular formula is C22H19F2NO6. The molecule has 0 spiro atoms. The molecule has 0 atom stereocenters. The van der Waals surface area contributed by atoms with Crippen LogP contribution >= 0.6 is 0 Å². The van der Waals surface area contributed by atoms with Gasteiger partial charge in [0.1, 0.15) is 30.1 Å². The van der Waals surface area contributed by atoms with Gasteiger partial charge in [-0.15, -0.1) is 0 Å². The molecule has 1 amide bonds. The van der Waals surface area contributed by atoms with Crippen molar-refractivity contribution in [1.29, 1.82) is 0 Å². The average Bonchev–Trinajstić information content (AvgIpc) is 2.77. The van der Waals surface area contributed by atoms with Gasteiger partial charge in [-0.25, -0.2) is 13.6 Å². The summed E-state index contributed by atoms with van der Waals surface area (Å²) in [4.78, 5) is 37.2. The number of carbonyl (C=O) groups excluding carboxylic acids is 2. The Morgan fingerprint density at radius 3 is 2.55 bits per heavy atom. The summed E-state index contributed by atoms with van der Waals surface area (Å²) in [6, 6.07) is 11.7. The van der Waals surface area contributed by atoms with Crippen molar-refractivity contribution in [3.8, 4) is 5.75 Å². The van der Waals surface area contributed by atoms with E-state index in [-0.39, 0.29) is 20.1 Å². The van der Waals surface area contributed by atoms with E-state index in [1.54, 1.807) is 30.3 Å². The summed E-state index contributed by atoms with van der Waals surface area (Å²) in [6.07, 6.45) is 0.792. The van der Waals surface area contributed by atoms with E-state index in [9.17, 15) is 23.2 Å². The highest BCUT2D eigenvalue weighted by atomic mass is 19.1. The molecule has 162 valence electrons. The first-order valence-electron chi connectivity index (χ1n) is 9.03. The minimum absolute atomic E-state index is 0. The van der Waals surface area contributed by atoms with Gasteiger partial charge in [0.05, 0.1) is 7.11 Å². The number of hydrogen-bond acceptors (Lipinski definition) is 6. The van der Waals surface area contributed by atoms with Gasteiger partial charge in [0.15, 0.2) is 0 Å². The molecule has 1 aromatic heterocycles. The lowest BCUT2D eigenvalue weighted by Gasteiger charge is -2.11. The number of halogens is 2. The Kier molecular flexibility index (Phi) is 6.76. The lowest BCUT2D eigenvalue weighted by molar-refractivity contribution is 0.0551. The maximum absolute atomic E-state index is 13.7. The van der Waals surface area contributed by atoms with Crippen LogP contribution in [-0.2, 0) is 17.9 Å². The van der Waals surface area contributed by atoms with Crippen LogP contribution in [0.25, 0.3) is 0 Å². The molecule has 7 nitrogen and oxygen atoms in total. The molecule has 0 saturated carbocycles. The Labute approximate surface area is 176 Å². The number of hydrogen-bond donors (Lipinski definition) is 1. The minimum atomic E-state index is -0.958. The van der Waals surface area contributed by atoms with Crippen LogP contribution in [-0.4, -0.2) is 19.0 Å². The maximum atomic E-state index is 13.7. The molecule has 0 aliphatic rings. The quantitative estimate of drug-likeness (QED) is 0.576. The molecule has 0 saturated heterocycles. The lowest BCUT2D eigenvalue weighted by atomic mass is 10.2. The van der Waals surface area contributed by atoms with Crippen LogP contribution in [0.5, 0.6) is 5.75 Å². The zero-order valence-corrected chi connectivity index (χ0v) is 16.3. The number of esters is 1. The fourth-order valence-electron chi connectivity index (χ4n) is 2.64. The number of nitrogens with one attached hydrogen (secondary N) is 1. The summed E-state index contributed by atoms with van der Waals surface area (Å²) in [5, 5.41) is 2.35. The van der Waals surface area contributed by atoms with Crippen molar-refractivity contribution in [2.45, 2.75) is 13.2 Å². The number of carbonyl (C=O) groups is 2. The molecule has 2 aromatic carbocycles. The Morgan fingerprint density at radius 1 is 1.13 bits per heavy atom. The molecule has 3 rings (SSSR count). The van der Waals surface area contributed by atoms with Gasteiger partial charge < -0.3 is 19.2 Å². The first-order chi connectivity index (χ1) is 14.9. The predicted molar refractivity (Wildman–Crippen MR) is 107 cm³/mol. The van der Waals surface area contributed by atoms with E-state index in [0.717, 1.165) is 19.4 Å². The third-order valence-corrected chi connectivity index (χ3v) is 4.25. The lowest BCUT2D eigenvalue weighted by Crippen LogP contribution is -2.30. The summed E-state index contributed by atoms with van der Waals surface area (Å²) in [5.41, 5.74) is -0.636. The predicted octanol–water partition coefficient (Wildman–Crippen LogP) is 3.46. The van der Waals surface area contributed by atoms with E-state index in [1.807, 2.05) is 0 Å². The van der Waals surface area contributed by atoms with Crippen molar-refractivity contribution in [3.63, 3.8) is 0 Å². The van der Waals surface area contributed by atoms with Crippen LogP contribution in [0, 0.1) is 11.6 Å². The second-order valence-electron chi connectivity index (χ2n) is 6.32. The van der Waals surface area contributed by atoms with E-state index in [0.29, 0.717) is 11.6 Å². The monoisotopic (exact) mass is 431 g/mol. The summed E-state index contributed by atoms with van der Waals surface area (Å²) in [7, 11) is 1.10. The van der Waals surface area contributed by atoms with Gasteiger partial charge >= 0.3 is 5.97 Å². The van der Waals surface area contributed by atoms with Gasteiger partial charge in [0.2, 0.25) is 11.2 Å². The van der Waals surface area contributed by atoms with Gasteiger partial charge in [0.25, 0.3) is 11.7 Å². The van der Waals surface area contributed by atoms with Crippen molar-refractivity contribution in [2.75, 3.05) is 7.11 Å². The fraction of sp³-hybridized carbons (Fsp3) is 0.136. The van der Waals surface area contributed by atoms with Gasteiger partial charge in [-0.05, 0) is 11.6 Å². The second kappa shape index (κ2) is 9.66. The van der Waals surface area contributed by atoms with E-state index in [1.165, 1.54) is 6.07 Å². The fourth-order valence-corrected chi connectivity index (χ4v) is 2.64. The van der Waals surface area contributed by atoms with Crippen LogP contribution in [0.3, 0.4) is 0 Å². The van der Waals surface area contributed by atoms with Crippen molar-refractivity contribution < 1.29 is 33.7 Å². The van der Waals surface area contributed by atoms with Crippen molar-refractivity contribution >= 4 is 11.9 Å². The smallest absolute Gasteiger partial charge is 0.378 e. The van der Waals surface area contributed by atoms with Crippen molar-refractivity contribution in [3.05, 3.63) is 99.1 Å². The number of rotatable bonds is 7. The summed E-state index contributed by atoms with van der Waals surface area (Å²) < 4.78 is 42.0. The number of methoxy groups -OCH3 is 1. The third kappa shape index (κ3) is 5.13. The zero-order valence-electron chi connectivity index (χ0n) is 16.3. The van der Waals surface area contributed by atoms with Crippen LogP contribution in [0.15, 0.2) is 64.0 Å². The first-order valence-corrected chi connectivity index (χ1v) is 9.03. The van der Waals surface area contributed by atoms with Gasteiger partial charge in [-0.3, -0.25) is 9.59 Å². The Hall–Kier alpha value is -4.01. The van der Waals surface area contributed by atoms with E-state index < -0.39 is 46.0 Å².